The minimum absolute atomic E-state index is 0.447. The lowest BCUT2D eigenvalue weighted by molar-refractivity contribution is -0.139. The zero-order chi connectivity index (χ0) is 23.5. The Morgan fingerprint density at radius 2 is 1.36 bits per heavy atom. The van der Waals surface area contributed by atoms with Crippen LogP contribution in [0.2, 0.25) is 0 Å². The molecule has 33 heavy (non-hydrogen) atoms. The Morgan fingerprint density at radius 1 is 0.758 bits per heavy atom. The number of hydrogen-bond acceptors (Lipinski definition) is 3. The van der Waals surface area contributed by atoms with Crippen LogP contribution in [0.4, 0.5) is 0 Å². The van der Waals surface area contributed by atoms with Gasteiger partial charge in [-0.05, 0) is 36.0 Å². The SMILES string of the molecule is CCCCCCCc1ccc(-c2ncc(-c3ccc(C(CCCC)C(=O)O)cc3)cn2)cc1. The molecular formula is C29H36N2O2. The standard InChI is InChI=1S/C29H36N2O2/c1-3-5-7-8-9-10-22-12-14-25(15-13-22)28-30-20-26(21-31-28)23-16-18-24(19-17-23)27(29(32)33)11-6-4-2/h12-21,27H,3-11H2,1-2H3,(H,32,33). The maximum absolute atomic E-state index is 11.6. The van der Waals surface area contributed by atoms with Crippen LogP contribution in [0.25, 0.3) is 22.5 Å². The van der Waals surface area contributed by atoms with Crippen molar-refractivity contribution in [2.24, 2.45) is 0 Å². The highest BCUT2D eigenvalue weighted by atomic mass is 16.4. The van der Waals surface area contributed by atoms with Crippen molar-refractivity contribution < 1.29 is 9.90 Å². The summed E-state index contributed by atoms with van der Waals surface area (Å²) in [6.45, 7) is 4.32. The number of hydrogen-bond donors (Lipinski definition) is 1. The van der Waals surface area contributed by atoms with Crippen molar-refractivity contribution in [3.63, 3.8) is 0 Å². The van der Waals surface area contributed by atoms with Gasteiger partial charge in [-0.1, -0.05) is 101 Å². The highest BCUT2D eigenvalue weighted by Gasteiger charge is 2.19. The van der Waals surface area contributed by atoms with Crippen LogP contribution in [0.1, 0.15) is 82.3 Å². The topological polar surface area (TPSA) is 63.1 Å². The van der Waals surface area contributed by atoms with Crippen molar-refractivity contribution in [3.8, 4) is 22.5 Å². The van der Waals surface area contributed by atoms with E-state index in [2.05, 4.69) is 48.1 Å². The fraction of sp³-hybridized carbons (Fsp3) is 0.414. The number of carbonyl (C=O) groups is 1. The second-order valence-electron chi connectivity index (χ2n) is 8.81. The number of carboxylic acid groups (broad SMARTS) is 1. The van der Waals surface area contributed by atoms with E-state index in [-0.39, 0.29) is 0 Å². The van der Waals surface area contributed by atoms with Crippen molar-refractivity contribution in [1.82, 2.24) is 9.97 Å². The predicted molar refractivity (Wildman–Crippen MR) is 135 cm³/mol. The summed E-state index contributed by atoms with van der Waals surface area (Å²) in [7, 11) is 0. The molecule has 0 radical (unpaired) electrons. The highest BCUT2D eigenvalue weighted by Crippen LogP contribution is 2.26. The average Bonchev–Trinajstić information content (AvgIpc) is 2.85. The molecule has 0 aliphatic carbocycles. The number of carboxylic acids is 1. The number of aryl methyl sites for hydroxylation is 1. The van der Waals surface area contributed by atoms with Gasteiger partial charge in [-0.25, -0.2) is 9.97 Å². The van der Waals surface area contributed by atoms with E-state index in [1.165, 1.54) is 37.7 Å². The lowest BCUT2D eigenvalue weighted by Gasteiger charge is -2.13. The van der Waals surface area contributed by atoms with E-state index in [0.717, 1.165) is 47.3 Å². The third kappa shape index (κ3) is 7.24. The zero-order valence-electron chi connectivity index (χ0n) is 20.0. The van der Waals surface area contributed by atoms with Crippen LogP contribution in [0, 0.1) is 0 Å². The number of rotatable bonds is 13. The van der Waals surface area contributed by atoms with Crippen LogP contribution in [0.5, 0.6) is 0 Å². The summed E-state index contributed by atoms with van der Waals surface area (Å²) in [5.41, 5.74) is 5.15. The van der Waals surface area contributed by atoms with Gasteiger partial charge in [0.05, 0.1) is 5.92 Å². The quantitative estimate of drug-likeness (QED) is 0.275. The molecule has 1 N–H and O–H groups in total. The van der Waals surface area contributed by atoms with Gasteiger partial charge in [-0.15, -0.1) is 0 Å². The molecule has 0 saturated heterocycles. The van der Waals surface area contributed by atoms with Crippen molar-refractivity contribution >= 4 is 5.97 Å². The first kappa shape index (κ1) is 24.6. The van der Waals surface area contributed by atoms with Gasteiger partial charge in [0.1, 0.15) is 0 Å². The molecule has 0 amide bonds. The lowest BCUT2D eigenvalue weighted by Crippen LogP contribution is -2.11. The number of nitrogens with zero attached hydrogens (tertiary/aromatic N) is 2. The Morgan fingerprint density at radius 3 is 1.97 bits per heavy atom. The fourth-order valence-electron chi connectivity index (χ4n) is 4.13. The van der Waals surface area contributed by atoms with Crippen molar-refractivity contribution in [3.05, 3.63) is 72.1 Å². The molecule has 0 spiro atoms. The predicted octanol–water partition coefficient (Wildman–Crippen LogP) is 7.68. The molecule has 0 saturated carbocycles. The number of aliphatic carboxylic acids is 1. The normalized spacial score (nSPS) is 11.9. The molecule has 3 rings (SSSR count). The molecule has 1 aromatic heterocycles. The van der Waals surface area contributed by atoms with Crippen molar-refractivity contribution in [1.29, 1.82) is 0 Å². The van der Waals surface area contributed by atoms with Crippen LogP contribution in [0.3, 0.4) is 0 Å². The molecule has 3 aromatic rings. The van der Waals surface area contributed by atoms with E-state index in [4.69, 9.17) is 0 Å². The first-order valence-electron chi connectivity index (χ1n) is 12.4. The van der Waals surface area contributed by atoms with Crippen molar-refractivity contribution in [2.45, 2.75) is 77.6 Å². The molecule has 1 unspecified atom stereocenters. The van der Waals surface area contributed by atoms with Crippen LogP contribution in [-0.2, 0) is 11.2 Å². The Balaban J connectivity index is 1.62. The van der Waals surface area contributed by atoms with Gasteiger partial charge >= 0.3 is 5.97 Å². The first-order chi connectivity index (χ1) is 16.1. The van der Waals surface area contributed by atoms with E-state index >= 15 is 0 Å². The van der Waals surface area contributed by atoms with Gasteiger partial charge in [0.2, 0.25) is 0 Å². The largest absolute Gasteiger partial charge is 0.481 e. The third-order valence-corrected chi connectivity index (χ3v) is 6.22. The molecular weight excluding hydrogens is 408 g/mol. The Kier molecular flexibility index (Phi) is 9.61. The van der Waals surface area contributed by atoms with E-state index in [9.17, 15) is 9.90 Å². The summed E-state index contributed by atoms with van der Waals surface area (Å²) in [6.07, 6.45) is 13.9. The fourth-order valence-corrected chi connectivity index (χ4v) is 4.13. The van der Waals surface area contributed by atoms with Crippen LogP contribution in [0.15, 0.2) is 60.9 Å². The molecule has 4 heteroatoms. The van der Waals surface area contributed by atoms with E-state index in [1.54, 1.807) is 0 Å². The molecule has 0 aliphatic heterocycles. The van der Waals surface area contributed by atoms with Crippen LogP contribution >= 0.6 is 0 Å². The number of aromatic nitrogens is 2. The second kappa shape index (κ2) is 12.9. The summed E-state index contributed by atoms with van der Waals surface area (Å²) in [5, 5.41) is 9.55. The summed E-state index contributed by atoms with van der Waals surface area (Å²) in [5.74, 6) is -0.487. The van der Waals surface area contributed by atoms with Gasteiger partial charge in [-0.2, -0.15) is 0 Å². The van der Waals surface area contributed by atoms with Gasteiger partial charge < -0.3 is 5.11 Å². The Hall–Kier alpha value is -3.01. The Bertz CT molecular complexity index is 980. The van der Waals surface area contributed by atoms with Gasteiger partial charge in [-0.3, -0.25) is 4.79 Å². The summed E-state index contributed by atoms with van der Waals surface area (Å²) in [4.78, 5) is 20.8. The summed E-state index contributed by atoms with van der Waals surface area (Å²) < 4.78 is 0. The van der Waals surface area contributed by atoms with Gasteiger partial charge in [0.15, 0.2) is 5.82 Å². The van der Waals surface area contributed by atoms with E-state index in [0.29, 0.717) is 6.42 Å². The highest BCUT2D eigenvalue weighted by molar-refractivity contribution is 5.76. The molecule has 0 bridgehead atoms. The monoisotopic (exact) mass is 444 g/mol. The summed E-state index contributed by atoms with van der Waals surface area (Å²) in [6, 6.07) is 16.3. The number of benzene rings is 2. The molecule has 4 nitrogen and oxygen atoms in total. The van der Waals surface area contributed by atoms with E-state index < -0.39 is 11.9 Å². The Labute approximate surface area is 198 Å². The molecule has 174 valence electrons. The molecule has 1 atom stereocenters. The average molecular weight is 445 g/mol. The van der Waals surface area contributed by atoms with E-state index in [1.807, 2.05) is 36.7 Å². The second-order valence-corrected chi connectivity index (χ2v) is 8.81. The minimum Gasteiger partial charge on any atom is -0.481 e. The zero-order valence-corrected chi connectivity index (χ0v) is 20.0. The molecule has 2 aromatic carbocycles. The minimum atomic E-state index is -0.758. The van der Waals surface area contributed by atoms with Crippen LogP contribution in [-0.4, -0.2) is 21.0 Å². The molecule has 0 fully saturated rings. The lowest BCUT2D eigenvalue weighted by atomic mass is 9.92. The third-order valence-electron chi connectivity index (χ3n) is 6.22. The van der Waals surface area contributed by atoms with Crippen molar-refractivity contribution in [2.75, 3.05) is 0 Å². The van der Waals surface area contributed by atoms with Crippen LogP contribution < -0.4 is 0 Å². The number of unbranched alkanes of at least 4 members (excludes halogenated alkanes) is 5. The molecule has 1 heterocycles. The van der Waals surface area contributed by atoms with Gasteiger partial charge in [0.25, 0.3) is 0 Å². The maximum Gasteiger partial charge on any atom is 0.310 e. The molecule has 0 aliphatic rings. The smallest absolute Gasteiger partial charge is 0.310 e. The van der Waals surface area contributed by atoms with Gasteiger partial charge in [0, 0.05) is 23.5 Å². The first-order valence-corrected chi connectivity index (χ1v) is 12.4. The summed E-state index contributed by atoms with van der Waals surface area (Å²) >= 11 is 0. The maximum atomic E-state index is 11.6.